The van der Waals surface area contributed by atoms with Crippen LogP contribution in [0.15, 0.2) is 48.6 Å². The number of anilines is 1. The van der Waals surface area contributed by atoms with Gasteiger partial charge in [-0.15, -0.1) is 0 Å². The summed E-state index contributed by atoms with van der Waals surface area (Å²) in [6.45, 7) is 12.2. The van der Waals surface area contributed by atoms with E-state index in [1.54, 1.807) is 33.8 Å². The Bertz CT molecular complexity index is 1480. The Labute approximate surface area is 278 Å². The zero-order chi connectivity index (χ0) is 33.4. The molecule has 2 N–H and O–H groups in total. The van der Waals surface area contributed by atoms with Gasteiger partial charge in [0.15, 0.2) is 11.4 Å². The van der Waals surface area contributed by atoms with Gasteiger partial charge in [0.25, 0.3) is 0 Å². The van der Waals surface area contributed by atoms with E-state index in [1.165, 1.54) is 18.1 Å². The summed E-state index contributed by atoms with van der Waals surface area (Å²) < 4.78 is 12.3. The number of halogens is 1. The molecule has 6 atom stereocenters. The maximum absolute atomic E-state index is 13.4. The van der Waals surface area contributed by atoms with Crippen LogP contribution in [0.3, 0.4) is 0 Å². The molecule has 0 amide bonds. The highest BCUT2D eigenvalue weighted by atomic mass is 35.5. The van der Waals surface area contributed by atoms with Crippen molar-refractivity contribution >= 4 is 29.0 Å². The Morgan fingerprint density at radius 3 is 2.59 bits per heavy atom. The number of benzene rings is 2. The van der Waals surface area contributed by atoms with Crippen molar-refractivity contribution in [1.82, 2.24) is 0 Å². The van der Waals surface area contributed by atoms with Crippen molar-refractivity contribution in [1.29, 1.82) is 0 Å². The summed E-state index contributed by atoms with van der Waals surface area (Å²) in [5, 5.41) is 23.8. The van der Waals surface area contributed by atoms with Crippen LogP contribution < -0.4 is 9.64 Å². The van der Waals surface area contributed by atoms with Crippen LogP contribution in [0.2, 0.25) is 5.02 Å². The lowest BCUT2D eigenvalue weighted by Gasteiger charge is -2.45. The molecule has 0 unspecified atom stereocenters. The average molecular weight is 652 g/mol. The van der Waals surface area contributed by atoms with Gasteiger partial charge >= 0.3 is 5.97 Å². The van der Waals surface area contributed by atoms with Crippen LogP contribution in [0, 0.1) is 17.8 Å². The van der Waals surface area contributed by atoms with Crippen molar-refractivity contribution in [2.45, 2.75) is 103 Å². The molecule has 46 heavy (non-hydrogen) atoms. The molecule has 1 spiro atoms. The van der Waals surface area contributed by atoms with Gasteiger partial charge in [0.2, 0.25) is 0 Å². The number of ether oxygens (including phenoxy) is 2. The number of nitrogens with zero attached hydrogens (tertiary/aromatic N) is 1. The van der Waals surface area contributed by atoms with Crippen molar-refractivity contribution in [3.05, 3.63) is 70.3 Å². The Balaban J connectivity index is 1.59. The van der Waals surface area contributed by atoms with E-state index in [0.717, 1.165) is 42.8 Å². The highest BCUT2D eigenvalue weighted by Gasteiger charge is 2.49. The van der Waals surface area contributed by atoms with Crippen LogP contribution in [-0.2, 0) is 31.8 Å². The number of rotatable bonds is 9. The smallest absolute Gasteiger partial charge is 0.313 e. The van der Waals surface area contributed by atoms with E-state index in [4.69, 9.17) is 21.1 Å². The fourth-order valence-electron chi connectivity index (χ4n) is 7.90. The Kier molecular flexibility index (Phi) is 9.98. The maximum atomic E-state index is 13.4. The van der Waals surface area contributed by atoms with Crippen LogP contribution in [0.25, 0.3) is 0 Å². The minimum Gasteiger partial charge on any atom is -0.490 e. The topological polar surface area (TPSA) is 96.3 Å². The largest absolute Gasteiger partial charge is 0.490 e. The molecular weight excluding hydrogens is 602 g/mol. The van der Waals surface area contributed by atoms with E-state index >= 15 is 0 Å². The first-order valence-corrected chi connectivity index (χ1v) is 17.2. The lowest BCUT2D eigenvalue weighted by atomic mass is 9.68. The molecule has 250 valence electrons. The summed E-state index contributed by atoms with van der Waals surface area (Å²) in [7, 11) is 0. The molecule has 1 aliphatic heterocycles. The Hall–Kier alpha value is -2.87. The summed E-state index contributed by atoms with van der Waals surface area (Å²) in [4.78, 5) is 29.1. The predicted molar refractivity (Wildman–Crippen MR) is 181 cm³/mol. The maximum Gasteiger partial charge on any atom is 0.313 e. The van der Waals surface area contributed by atoms with Crippen molar-refractivity contribution in [2.75, 3.05) is 24.6 Å². The first-order chi connectivity index (χ1) is 21.7. The molecule has 1 heterocycles. The summed E-state index contributed by atoms with van der Waals surface area (Å²) in [6, 6.07) is 11.5. The van der Waals surface area contributed by atoms with Crippen molar-refractivity contribution < 1.29 is 29.3 Å². The summed E-state index contributed by atoms with van der Waals surface area (Å²) >= 11 is 6.43. The van der Waals surface area contributed by atoms with Gasteiger partial charge in [-0.2, -0.15) is 0 Å². The molecule has 5 rings (SSSR count). The number of hydrogen-bond donors (Lipinski definition) is 2. The number of ketones is 1. The zero-order valence-corrected chi connectivity index (χ0v) is 28.9. The molecule has 7 nitrogen and oxygen atoms in total. The molecule has 2 aliphatic carbocycles. The number of hydrogen-bond acceptors (Lipinski definition) is 7. The molecule has 1 saturated carbocycles. The molecular formula is C38H50ClNO6. The minimum atomic E-state index is -2.09. The number of fused-ring (bicyclic) bond motifs is 3. The van der Waals surface area contributed by atoms with Gasteiger partial charge < -0.3 is 24.6 Å². The fourth-order valence-corrected chi connectivity index (χ4v) is 8.10. The van der Waals surface area contributed by atoms with Gasteiger partial charge in [-0.3, -0.25) is 9.59 Å². The molecule has 0 radical (unpaired) electrons. The summed E-state index contributed by atoms with van der Waals surface area (Å²) in [6.07, 6.45) is 8.35. The van der Waals surface area contributed by atoms with Crippen LogP contribution >= 0.6 is 11.6 Å². The van der Waals surface area contributed by atoms with Gasteiger partial charge in [-0.25, -0.2) is 0 Å². The van der Waals surface area contributed by atoms with E-state index in [2.05, 4.69) is 17.0 Å². The third kappa shape index (κ3) is 6.61. The van der Waals surface area contributed by atoms with Gasteiger partial charge in [0, 0.05) is 23.5 Å². The first-order valence-electron chi connectivity index (χ1n) is 16.8. The molecule has 2 aromatic rings. The number of aryl methyl sites for hydroxylation is 1. The molecule has 0 aromatic heterocycles. The second-order valence-electron chi connectivity index (χ2n) is 14.6. The van der Waals surface area contributed by atoms with Crippen molar-refractivity contribution in [3.8, 4) is 5.75 Å². The van der Waals surface area contributed by atoms with Crippen LogP contribution in [-0.4, -0.2) is 53.4 Å². The molecule has 2 aromatic carbocycles. The van der Waals surface area contributed by atoms with E-state index in [1.807, 2.05) is 37.3 Å². The van der Waals surface area contributed by atoms with Gasteiger partial charge in [0.1, 0.15) is 11.4 Å². The van der Waals surface area contributed by atoms with Gasteiger partial charge in [-0.05, 0) is 126 Å². The lowest BCUT2D eigenvalue weighted by Crippen LogP contribution is -2.49. The fraction of sp³-hybridized carbons (Fsp3) is 0.579. The lowest BCUT2D eigenvalue weighted by molar-refractivity contribution is -0.175. The third-order valence-corrected chi connectivity index (χ3v) is 10.6. The van der Waals surface area contributed by atoms with Gasteiger partial charge in [0.05, 0.1) is 24.3 Å². The number of aliphatic hydroxyl groups is 2. The first kappa shape index (κ1) is 34.5. The Morgan fingerprint density at radius 2 is 1.96 bits per heavy atom. The summed E-state index contributed by atoms with van der Waals surface area (Å²) in [5.41, 5.74) is 0.460. The monoisotopic (exact) mass is 651 g/mol. The van der Waals surface area contributed by atoms with Crippen LogP contribution in [0.5, 0.6) is 5.75 Å². The number of allylic oxidation sites excluding steroid dienone is 1. The highest BCUT2D eigenvalue weighted by Crippen LogP contribution is 2.48. The number of carbonyl (C=O) groups excluding carboxylic acids is 2. The summed E-state index contributed by atoms with van der Waals surface area (Å²) in [5.74, 6) is -1.15. The second kappa shape index (κ2) is 13.3. The zero-order valence-electron chi connectivity index (χ0n) is 28.1. The van der Waals surface area contributed by atoms with E-state index in [-0.39, 0.29) is 23.7 Å². The number of aliphatic hydroxyl groups excluding tert-OH is 1. The number of esters is 1. The van der Waals surface area contributed by atoms with Crippen molar-refractivity contribution in [2.24, 2.45) is 17.8 Å². The molecule has 1 fully saturated rings. The molecule has 0 saturated heterocycles. The van der Waals surface area contributed by atoms with Crippen molar-refractivity contribution in [3.63, 3.8) is 0 Å². The van der Waals surface area contributed by atoms with Crippen LogP contribution in [0.4, 0.5) is 5.69 Å². The number of carbonyl (C=O) groups is 2. The van der Waals surface area contributed by atoms with E-state index < -0.39 is 35.0 Å². The Morgan fingerprint density at radius 1 is 1.20 bits per heavy atom. The molecule has 8 heteroatoms. The number of Topliss-reactive ketones (excluding diaryl/α,β-unsaturated/α-hetero) is 1. The minimum absolute atomic E-state index is 0.145. The van der Waals surface area contributed by atoms with E-state index in [0.29, 0.717) is 31.0 Å². The quantitative estimate of drug-likeness (QED) is 0.224. The highest BCUT2D eigenvalue weighted by molar-refractivity contribution is 6.30. The standard InChI is InChI=1S/C38H50ClNO6/c1-7-10-33(42)29-15-12-26(29)21-40-22-37(18-9-11-25-19-28(39)14-16-31(25)37)23-45-34-17-13-27(20-32(34)40)38(44,24(3)41)30(8-2)35(43)46-36(4,5)6/h7,10,13-14,16-17,19-20,26,29-30,33,42,44H,8-9,11-12,15,18,21-23H2,1-6H3/b10-7+/t26-,29+,30+,33-,37-,38-/m0/s1. The normalized spacial score (nSPS) is 25.4. The van der Waals surface area contributed by atoms with Gasteiger partial charge in [-0.1, -0.05) is 42.8 Å². The second-order valence-corrected chi connectivity index (χ2v) is 15.1. The van der Waals surface area contributed by atoms with Crippen LogP contribution in [0.1, 0.15) is 90.3 Å². The molecule has 3 aliphatic rings. The average Bonchev–Trinajstić information content (AvgIpc) is 3.11. The SMILES string of the molecule is C/C=C/[C@H](O)[C@@H]1CC[C@H]1CN1C[C@@]2(CCCc3cc(Cl)ccc32)COc2ccc([C@@](O)(C(C)=O)[C@H](CC)C(=O)OC(C)(C)C)cc21. The van der Waals surface area contributed by atoms with E-state index in [9.17, 15) is 19.8 Å². The predicted octanol–water partition coefficient (Wildman–Crippen LogP) is 6.92. The third-order valence-electron chi connectivity index (χ3n) is 10.4. The molecule has 0 bridgehead atoms.